The molecular weight excluding hydrogens is 382 g/mol. The monoisotopic (exact) mass is 403 g/mol. The summed E-state index contributed by atoms with van der Waals surface area (Å²) in [7, 11) is 1.61. The molecule has 0 unspecified atom stereocenters. The number of allylic oxidation sites excluding steroid dienone is 2. The molecule has 5 rings (SSSR count). The van der Waals surface area contributed by atoms with Crippen molar-refractivity contribution in [2.75, 3.05) is 12.4 Å². The highest BCUT2D eigenvalue weighted by molar-refractivity contribution is 5.99. The third-order valence-corrected chi connectivity index (χ3v) is 5.47. The van der Waals surface area contributed by atoms with Crippen LogP contribution in [0, 0.1) is 0 Å². The molecule has 1 atom stereocenters. The Balaban J connectivity index is 1.50. The van der Waals surface area contributed by atoms with Gasteiger partial charge in [-0.05, 0) is 46.5 Å². The number of ketones is 1. The Labute approximate surface area is 173 Å². The summed E-state index contributed by atoms with van der Waals surface area (Å²) in [5.74, 6) is 1.90. The highest BCUT2D eigenvalue weighted by Crippen LogP contribution is 2.41. The van der Waals surface area contributed by atoms with Gasteiger partial charge in [-0.3, -0.25) is 4.79 Å². The van der Waals surface area contributed by atoms with Gasteiger partial charge in [-0.2, -0.15) is 4.68 Å². The van der Waals surface area contributed by atoms with Crippen molar-refractivity contribution in [1.82, 2.24) is 20.2 Å². The second kappa shape index (κ2) is 7.62. The van der Waals surface area contributed by atoms with Gasteiger partial charge >= 0.3 is 0 Å². The number of fused-ring (bicyclic) bond motifs is 1. The molecule has 2 aliphatic rings. The first-order valence-electron chi connectivity index (χ1n) is 9.90. The summed E-state index contributed by atoms with van der Waals surface area (Å²) in [4.78, 5) is 12.8. The van der Waals surface area contributed by atoms with E-state index in [-0.39, 0.29) is 5.78 Å². The molecule has 0 amide bonds. The minimum Gasteiger partial charge on any atom is -0.493 e. The van der Waals surface area contributed by atoms with Gasteiger partial charge in [0.1, 0.15) is 12.6 Å². The van der Waals surface area contributed by atoms with Crippen molar-refractivity contribution in [2.24, 2.45) is 0 Å². The lowest BCUT2D eigenvalue weighted by Gasteiger charge is -2.31. The molecule has 2 heterocycles. The number of aromatic nitrogens is 4. The van der Waals surface area contributed by atoms with Crippen LogP contribution in [-0.4, -0.2) is 33.1 Å². The lowest BCUT2D eigenvalue weighted by molar-refractivity contribution is -0.116. The van der Waals surface area contributed by atoms with Gasteiger partial charge in [-0.25, -0.2) is 0 Å². The van der Waals surface area contributed by atoms with Gasteiger partial charge in [0.05, 0.1) is 7.11 Å². The SMILES string of the molecule is COc1cc([C@H]2C3=C(CCCC3=O)Nc3nnnn32)ccc1OCc1ccccc1. The van der Waals surface area contributed by atoms with E-state index < -0.39 is 6.04 Å². The van der Waals surface area contributed by atoms with Gasteiger partial charge in [0, 0.05) is 17.7 Å². The number of nitrogens with one attached hydrogen (secondary N) is 1. The van der Waals surface area contributed by atoms with E-state index in [4.69, 9.17) is 9.47 Å². The van der Waals surface area contributed by atoms with E-state index >= 15 is 0 Å². The predicted octanol–water partition coefficient (Wildman–Crippen LogP) is 3.28. The maximum absolute atomic E-state index is 12.8. The molecule has 1 aliphatic carbocycles. The summed E-state index contributed by atoms with van der Waals surface area (Å²) < 4.78 is 13.2. The van der Waals surface area contributed by atoms with Crippen molar-refractivity contribution < 1.29 is 14.3 Å². The van der Waals surface area contributed by atoms with Gasteiger partial charge < -0.3 is 14.8 Å². The number of carbonyl (C=O) groups excluding carboxylic acids is 1. The van der Waals surface area contributed by atoms with Crippen molar-refractivity contribution >= 4 is 11.7 Å². The Morgan fingerprint density at radius 3 is 2.83 bits per heavy atom. The standard InChI is InChI=1S/C22H21N5O3/c1-29-19-12-15(10-11-18(19)30-13-14-6-3-2-4-7-14)21-20-16(8-5-9-17(20)28)23-22-24-25-26-27(21)22/h2-4,6-7,10-12,21H,5,8-9,13H2,1H3,(H,23,24,26)/t21-/m0/s1. The number of carbonyl (C=O) groups is 1. The molecule has 2 aromatic carbocycles. The highest BCUT2D eigenvalue weighted by atomic mass is 16.5. The van der Waals surface area contributed by atoms with Gasteiger partial charge in [-0.15, -0.1) is 0 Å². The molecule has 8 nitrogen and oxygen atoms in total. The zero-order valence-corrected chi connectivity index (χ0v) is 16.5. The summed E-state index contributed by atoms with van der Waals surface area (Å²) in [6.45, 7) is 0.439. The van der Waals surface area contributed by atoms with Crippen LogP contribution in [0.1, 0.15) is 36.4 Å². The molecule has 8 heteroatoms. The number of anilines is 1. The fraction of sp³-hybridized carbons (Fsp3) is 0.273. The summed E-state index contributed by atoms with van der Waals surface area (Å²) in [5.41, 5.74) is 3.57. The number of hydrogen-bond donors (Lipinski definition) is 1. The Hall–Kier alpha value is -3.68. The first-order valence-corrected chi connectivity index (χ1v) is 9.90. The second-order valence-electron chi connectivity index (χ2n) is 7.33. The third kappa shape index (κ3) is 3.20. The summed E-state index contributed by atoms with van der Waals surface area (Å²) in [5, 5.41) is 15.2. The van der Waals surface area contributed by atoms with Crippen LogP contribution in [0.5, 0.6) is 11.5 Å². The topological polar surface area (TPSA) is 91.2 Å². The largest absolute Gasteiger partial charge is 0.493 e. The first-order chi connectivity index (χ1) is 14.7. The highest BCUT2D eigenvalue weighted by Gasteiger charge is 2.36. The Morgan fingerprint density at radius 1 is 1.13 bits per heavy atom. The minimum absolute atomic E-state index is 0.123. The number of Topliss-reactive ketones (excluding diaryl/α,β-unsaturated/α-hetero) is 1. The molecule has 0 spiro atoms. The van der Waals surface area contributed by atoms with Crippen molar-refractivity contribution in [1.29, 1.82) is 0 Å². The van der Waals surface area contributed by atoms with E-state index in [0.717, 1.165) is 35.2 Å². The van der Waals surface area contributed by atoms with E-state index in [1.165, 1.54) is 0 Å². The summed E-state index contributed by atoms with van der Waals surface area (Å²) in [6, 6.07) is 15.3. The fourth-order valence-corrected chi connectivity index (χ4v) is 4.03. The average Bonchev–Trinajstić information content (AvgIpc) is 3.25. The quantitative estimate of drug-likeness (QED) is 0.699. The zero-order chi connectivity index (χ0) is 20.5. The van der Waals surface area contributed by atoms with Crippen LogP contribution in [0.15, 0.2) is 59.8 Å². The van der Waals surface area contributed by atoms with E-state index in [1.807, 2.05) is 48.5 Å². The molecule has 0 saturated carbocycles. The van der Waals surface area contributed by atoms with Gasteiger partial charge in [-0.1, -0.05) is 41.5 Å². The van der Waals surface area contributed by atoms with E-state index in [1.54, 1.807) is 11.8 Å². The summed E-state index contributed by atoms with van der Waals surface area (Å²) >= 11 is 0. The maximum Gasteiger partial charge on any atom is 0.248 e. The number of nitrogens with zero attached hydrogens (tertiary/aromatic N) is 4. The van der Waals surface area contributed by atoms with Crippen LogP contribution in [-0.2, 0) is 11.4 Å². The number of methoxy groups -OCH3 is 1. The molecule has 0 radical (unpaired) electrons. The van der Waals surface area contributed by atoms with Crippen LogP contribution in [0.2, 0.25) is 0 Å². The van der Waals surface area contributed by atoms with E-state index in [2.05, 4.69) is 20.8 Å². The van der Waals surface area contributed by atoms with Crippen LogP contribution in [0.25, 0.3) is 0 Å². The third-order valence-electron chi connectivity index (χ3n) is 5.47. The Kier molecular flexibility index (Phi) is 4.66. The van der Waals surface area contributed by atoms with E-state index in [0.29, 0.717) is 30.5 Å². The predicted molar refractivity (Wildman–Crippen MR) is 109 cm³/mol. The molecular formula is C22H21N5O3. The molecule has 152 valence electrons. The second-order valence-corrected chi connectivity index (χ2v) is 7.33. The fourth-order valence-electron chi connectivity index (χ4n) is 4.03. The molecule has 1 aromatic heterocycles. The minimum atomic E-state index is -0.392. The average molecular weight is 403 g/mol. The molecule has 0 bridgehead atoms. The van der Waals surface area contributed by atoms with Crippen molar-refractivity contribution in [3.05, 3.63) is 70.9 Å². The molecule has 1 aliphatic heterocycles. The number of benzene rings is 2. The normalized spacial score (nSPS) is 17.8. The first kappa shape index (κ1) is 18.4. The molecule has 3 aromatic rings. The van der Waals surface area contributed by atoms with Crippen molar-refractivity contribution in [3.63, 3.8) is 0 Å². The van der Waals surface area contributed by atoms with Crippen molar-refractivity contribution in [2.45, 2.75) is 31.9 Å². The van der Waals surface area contributed by atoms with Crippen LogP contribution < -0.4 is 14.8 Å². The lowest BCUT2D eigenvalue weighted by atomic mass is 9.85. The van der Waals surface area contributed by atoms with Gasteiger partial charge in [0.15, 0.2) is 17.3 Å². The number of tetrazole rings is 1. The number of hydrogen-bond acceptors (Lipinski definition) is 7. The summed E-state index contributed by atoms with van der Waals surface area (Å²) in [6.07, 6.45) is 2.16. The Morgan fingerprint density at radius 2 is 2.00 bits per heavy atom. The van der Waals surface area contributed by atoms with Crippen LogP contribution >= 0.6 is 0 Å². The lowest BCUT2D eigenvalue weighted by Crippen LogP contribution is -2.31. The smallest absolute Gasteiger partial charge is 0.248 e. The van der Waals surface area contributed by atoms with Gasteiger partial charge in [0.2, 0.25) is 5.95 Å². The molecule has 0 fully saturated rings. The van der Waals surface area contributed by atoms with Crippen LogP contribution in [0.3, 0.4) is 0 Å². The number of ether oxygens (including phenoxy) is 2. The number of rotatable bonds is 5. The van der Waals surface area contributed by atoms with Gasteiger partial charge in [0.25, 0.3) is 0 Å². The molecule has 0 saturated heterocycles. The van der Waals surface area contributed by atoms with Crippen LogP contribution in [0.4, 0.5) is 5.95 Å². The van der Waals surface area contributed by atoms with E-state index in [9.17, 15) is 4.79 Å². The maximum atomic E-state index is 12.8. The van der Waals surface area contributed by atoms with Crippen molar-refractivity contribution in [3.8, 4) is 11.5 Å². The zero-order valence-electron chi connectivity index (χ0n) is 16.5. The molecule has 1 N–H and O–H groups in total. The molecule has 30 heavy (non-hydrogen) atoms. The Bertz CT molecular complexity index is 1120.